The highest BCUT2D eigenvalue weighted by Gasteiger charge is 2.21. The highest BCUT2D eigenvalue weighted by Crippen LogP contribution is 2.22. The largest absolute Gasteiger partial charge is 0.350 e. The Kier molecular flexibility index (Phi) is 7.27. The molecule has 8 heteroatoms. The van der Waals surface area contributed by atoms with Gasteiger partial charge in [-0.05, 0) is 62.5 Å². The van der Waals surface area contributed by atoms with Crippen molar-refractivity contribution in [2.24, 2.45) is 0 Å². The van der Waals surface area contributed by atoms with Crippen LogP contribution in [0.5, 0.6) is 0 Å². The fourth-order valence-corrected chi connectivity index (χ4v) is 4.48. The molecular formula is C24H26FN3O3S. The Bertz CT molecular complexity index is 1200. The molecule has 0 aliphatic heterocycles. The first-order chi connectivity index (χ1) is 15.2. The van der Waals surface area contributed by atoms with Gasteiger partial charge in [0, 0.05) is 6.54 Å². The third-order valence-electron chi connectivity index (χ3n) is 5.12. The molecule has 1 amide bonds. The summed E-state index contributed by atoms with van der Waals surface area (Å²) in [6, 6.07) is 19.7. The number of sulfonamides is 1. The number of rotatable bonds is 8. The maximum atomic E-state index is 13.5. The number of halogens is 1. The number of anilines is 1. The van der Waals surface area contributed by atoms with E-state index in [0.29, 0.717) is 6.54 Å². The van der Waals surface area contributed by atoms with Gasteiger partial charge >= 0.3 is 0 Å². The number of carbonyl (C=O) groups excluding carboxylic acids is 1. The Hall–Kier alpha value is -3.23. The highest BCUT2D eigenvalue weighted by molar-refractivity contribution is 7.92. The topological polar surface area (TPSA) is 78.5 Å². The predicted octanol–water partition coefficient (Wildman–Crippen LogP) is 3.97. The zero-order valence-corrected chi connectivity index (χ0v) is 19.0. The van der Waals surface area contributed by atoms with Gasteiger partial charge in [0.25, 0.3) is 15.9 Å². The lowest BCUT2D eigenvalue weighted by molar-refractivity contribution is 0.0943. The van der Waals surface area contributed by atoms with E-state index in [2.05, 4.69) is 10.0 Å². The van der Waals surface area contributed by atoms with Crippen molar-refractivity contribution in [2.45, 2.75) is 17.9 Å². The fraction of sp³-hybridized carbons (Fsp3) is 0.208. The van der Waals surface area contributed by atoms with Crippen molar-refractivity contribution >= 4 is 21.6 Å². The van der Waals surface area contributed by atoms with Gasteiger partial charge in [0.1, 0.15) is 5.82 Å². The van der Waals surface area contributed by atoms with Gasteiger partial charge < -0.3 is 10.2 Å². The molecule has 6 nitrogen and oxygen atoms in total. The molecule has 32 heavy (non-hydrogen) atoms. The summed E-state index contributed by atoms with van der Waals surface area (Å²) in [5, 5.41) is 2.90. The van der Waals surface area contributed by atoms with Crippen LogP contribution in [0.1, 0.15) is 27.5 Å². The van der Waals surface area contributed by atoms with E-state index in [9.17, 15) is 17.6 Å². The standard InChI is InChI=1S/C24H26FN3O3S/c1-17-15-19(13-14-21(17)25)32(30,31)27-22-12-8-7-11-20(22)24(29)26-16-23(28(2)3)18-9-5-4-6-10-18/h4-15,23,27H,16H2,1-3H3,(H,26,29). The molecule has 0 saturated heterocycles. The number of benzene rings is 3. The Morgan fingerprint density at radius 2 is 1.66 bits per heavy atom. The summed E-state index contributed by atoms with van der Waals surface area (Å²) in [7, 11) is -0.147. The number of para-hydroxylation sites is 1. The van der Waals surface area contributed by atoms with Crippen LogP contribution in [-0.2, 0) is 10.0 Å². The number of carbonyl (C=O) groups is 1. The number of hydrogen-bond acceptors (Lipinski definition) is 4. The zero-order valence-electron chi connectivity index (χ0n) is 18.2. The first kappa shape index (κ1) is 23.4. The van der Waals surface area contributed by atoms with E-state index in [4.69, 9.17) is 0 Å². The number of hydrogen-bond donors (Lipinski definition) is 2. The lowest BCUT2D eigenvalue weighted by atomic mass is 10.1. The molecule has 0 radical (unpaired) electrons. The minimum Gasteiger partial charge on any atom is -0.350 e. The molecule has 3 aromatic rings. The SMILES string of the molecule is Cc1cc(S(=O)(=O)Nc2ccccc2C(=O)NCC(c2ccccc2)N(C)C)ccc1F. The lowest BCUT2D eigenvalue weighted by Crippen LogP contribution is -2.35. The molecule has 0 saturated carbocycles. The average molecular weight is 456 g/mol. The lowest BCUT2D eigenvalue weighted by Gasteiger charge is -2.25. The summed E-state index contributed by atoms with van der Waals surface area (Å²) in [6.45, 7) is 1.83. The molecular weight excluding hydrogens is 429 g/mol. The maximum Gasteiger partial charge on any atom is 0.261 e. The predicted molar refractivity (Wildman–Crippen MR) is 124 cm³/mol. The van der Waals surface area contributed by atoms with Crippen molar-refractivity contribution in [3.05, 3.63) is 95.3 Å². The van der Waals surface area contributed by atoms with Crippen LogP contribution >= 0.6 is 0 Å². The van der Waals surface area contributed by atoms with E-state index >= 15 is 0 Å². The second kappa shape index (κ2) is 9.93. The second-order valence-electron chi connectivity index (χ2n) is 7.66. The van der Waals surface area contributed by atoms with Crippen LogP contribution in [0.4, 0.5) is 10.1 Å². The Balaban J connectivity index is 1.79. The zero-order chi connectivity index (χ0) is 23.3. The second-order valence-corrected chi connectivity index (χ2v) is 9.34. The van der Waals surface area contributed by atoms with Gasteiger partial charge in [-0.1, -0.05) is 42.5 Å². The van der Waals surface area contributed by atoms with Crippen molar-refractivity contribution < 1.29 is 17.6 Å². The quantitative estimate of drug-likeness (QED) is 0.539. The van der Waals surface area contributed by atoms with Gasteiger partial charge in [-0.3, -0.25) is 9.52 Å². The van der Waals surface area contributed by atoms with E-state index in [-0.39, 0.29) is 27.8 Å². The third kappa shape index (κ3) is 5.52. The van der Waals surface area contributed by atoms with Crippen LogP contribution in [0, 0.1) is 12.7 Å². The summed E-state index contributed by atoms with van der Waals surface area (Å²) >= 11 is 0. The number of amides is 1. The fourth-order valence-electron chi connectivity index (χ4n) is 3.32. The Morgan fingerprint density at radius 1 is 1.00 bits per heavy atom. The molecule has 2 N–H and O–H groups in total. The molecule has 3 rings (SSSR count). The van der Waals surface area contributed by atoms with Gasteiger partial charge in [-0.25, -0.2) is 12.8 Å². The van der Waals surface area contributed by atoms with Gasteiger partial charge in [0.05, 0.1) is 22.2 Å². The number of nitrogens with one attached hydrogen (secondary N) is 2. The van der Waals surface area contributed by atoms with E-state index in [1.807, 2.05) is 49.3 Å². The van der Waals surface area contributed by atoms with Crippen LogP contribution in [0.15, 0.2) is 77.7 Å². The number of aryl methyl sites for hydroxylation is 1. The summed E-state index contributed by atoms with van der Waals surface area (Å²) < 4.78 is 41.6. The summed E-state index contributed by atoms with van der Waals surface area (Å²) in [4.78, 5) is 14.9. The van der Waals surface area contributed by atoms with Crippen LogP contribution in [0.2, 0.25) is 0 Å². The summed E-state index contributed by atoms with van der Waals surface area (Å²) in [5.41, 5.74) is 1.61. The Morgan fingerprint density at radius 3 is 2.31 bits per heavy atom. The molecule has 3 aromatic carbocycles. The molecule has 1 atom stereocenters. The van der Waals surface area contributed by atoms with Crippen molar-refractivity contribution in [1.29, 1.82) is 0 Å². The van der Waals surface area contributed by atoms with Crippen LogP contribution in [0.25, 0.3) is 0 Å². The van der Waals surface area contributed by atoms with E-state index in [1.165, 1.54) is 25.1 Å². The van der Waals surface area contributed by atoms with Crippen LogP contribution in [-0.4, -0.2) is 39.9 Å². The molecule has 0 spiro atoms. The minimum absolute atomic E-state index is 0.0498. The first-order valence-electron chi connectivity index (χ1n) is 10.1. The van der Waals surface area contributed by atoms with E-state index < -0.39 is 21.7 Å². The summed E-state index contributed by atoms with van der Waals surface area (Å²) in [6.07, 6.45) is 0. The minimum atomic E-state index is -4.00. The molecule has 0 aromatic heterocycles. The monoisotopic (exact) mass is 455 g/mol. The summed E-state index contributed by atoms with van der Waals surface area (Å²) in [5.74, 6) is -0.890. The van der Waals surface area contributed by atoms with E-state index in [1.54, 1.807) is 18.2 Å². The molecule has 168 valence electrons. The number of likely N-dealkylation sites (N-methyl/N-ethyl adjacent to an activating group) is 1. The van der Waals surface area contributed by atoms with Gasteiger partial charge in [-0.15, -0.1) is 0 Å². The van der Waals surface area contributed by atoms with Crippen LogP contribution in [0.3, 0.4) is 0 Å². The maximum absolute atomic E-state index is 13.5. The average Bonchev–Trinajstić information content (AvgIpc) is 2.76. The molecule has 0 fully saturated rings. The molecule has 0 bridgehead atoms. The first-order valence-corrected chi connectivity index (χ1v) is 11.5. The molecule has 1 unspecified atom stereocenters. The smallest absolute Gasteiger partial charge is 0.261 e. The molecule has 0 heterocycles. The molecule has 0 aliphatic rings. The van der Waals surface area contributed by atoms with Gasteiger partial charge in [-0.2, -0.15) is 0 Å². The van der Waals surface area contributed by atoms with Crippen molar-refractivity contribution in [3.63, 3.8) is 0 Å². The van der Waals surface area contributed by atoms with Crippen molar-refractivity contribution in [3.8, 4) is 0 Å². The highest BCUT2D eigenvalue weighted by atomic mass is 32.2. The van der Waals surface area contributed by atoms with Crippen molar-refractivity contribution in [1.82, 2.24) is 10.2 Å². The molecule has 0 aliphatic carbocycles. The van der Waals surface area contributed by atoms with Crippen molar-refractivity contribution in [2.75, 3.05) is 25.4 Å². The van der Waals surface area contributed by atoms with Gasteiger partial charge in [0.2, 0.25) is 0 Å². The van der Waals surface area contributed by atoms with E-state index in [0.717, 1.165) is 11.6 Å². The number of nitrogens with zero attached hydrogens (tertiary/aromatic N) is 1. The van der Waals surface area contributed by atoms with Gasteiger partial charge in [0.15, 0.2) is 0 Å². The van der Waals surface area contributed by atoms with Crippen LogP contribution < -0.4 is 10.0 Å². The normalized spacial score (nSPS) is 12.4. The third-order valence-corrected chi connectivity index (χ3v) is 6.48. The Labute approximate surface area is 188 Å².